The first-order valence-corrected chi connectivity index (χ1v) is 8.57. The van der Waals surface area contributed by atoms with E-state index in [0.29, 0.717) is 22.0 Å². The summed E-state index contributed by atoms with van der Waals surface area (Å²) in [5, 5.41) is 15.6. The van der Waals surface area contributed by atoms with Gasteiger partial charge in [0.2, 0.25) is 0 Å². The molecule has 0 saturated heterocycles. The number of carbonyl (C=O) groups excluding carboxylic acids is 1. The van der Waals surface area contributed by atoms with E-state index in [1.807, 2.05) is 0 Å². The monoisotopic (exact) mass is 386 g/mol. The Bertz CT molecular complexity index is 937. The lowest BCUT2D eigenvalue weighted by Crippen LogP contribution is -2.28. The van der Waals surface area contributed by atoms with Crippen LogP contribution in [0.1, 0.15) is 18.9 Å². The second-order valence-corrected chi connectivity index (χ2v) is 6.59. The van der Waals surface area contributed by atoms with Crippen LogP contribution in [-0.2, 0) is 9.59 Å². The van der Waals surface area contributed by atoms with Gasteiger partial charge in [-0.3, -0.25) is 4.79 Å². The van der Waals surface area contributed by atoms with Crippen LogP contribution in [0, 0.1) is 11.7 Å². The Hall–Kier alpha value is -2.99. The highest BCUT2D eigenvalue weighted by molar-refractivity contribution is 6.30. The van der Waals surface area contributed by atoms with Gasteiger partial charge in [-0.1, -0.05) is 23.7 Å². The number of anilines is 1. The highest BCUT2D eigenvalue weighted by Gasteiger charge is 2.35. The minimum Gasteiger partial charge on any atom is -0.478 e. The first kappa shape index (κ1) is 18.8. The molecule has 0 bridgehead atoms. The van der Waals surface area contributed by atoms with Gasteiger partial charge in [0.25, 0.3) is 5.91 Å². The van der Waals surface area contributed by atoms with Crippen molar-refractivity contribution in [2.45, 2.75) is 13.3 Å². The number of carbonyl (C=O) groups is 2. The molecule has 7 heteroatoms. The number of benzene rings is 2. The molecule has 1 aliphatic heterocycles. The zero-order chi connectivity index (χ0) is 19.6. The summed E-state index contributed by atoms with van der Waals surface area (Å²) in [5.74, 6) is -2.52. The van der Waals surface area contributed by atoms with E-state index in [-0.39, 0.29) is 17.9 Å². The van der Waals surface area contributed by atoms with Crippen molar-refractivity contribution < 1.29 is 19.1 Å². The number of aliphatic carboxylic acids is 1. The quantitative estimate of drug-likeness (QED) is 0.775. The number of carboxylic acids is 1. The summed E-state index contributed by atoms with van der Waals surface area (Å²) in [4.78, 5) is 24.4. The van der Waals surface area contributed by atoms with Gasteiger partial charge in [-0.25, -0.2) is 14.2 Å². The fourth-order valence-corrected chi connectivity index (χ4v) is 2.92. The van der Waals surface area contributed by atoms with E-state index < -0.39 is 17.7 Å². The van der Waals surface area contributed by atoms with Crippen molar-refractivity contribution in [3.05, 3.63) is 70.5 Å². The Labute approximate surface area is 160 Å². The Morgan fingerprint density at radius 3 is 2.44 bits per heavy atom. The van der Waals surface area contributed by atoms with Crippen molar-refractivity contribution in [1.82, 2.24) is 0 Å². The smallest absolute Gasteiger partial charge is 0.331 e. The summed E-state index contributed by atoms with van der Waals surface area (Å²) in [6, 6.07) is 12.1. The molecule has 138 valence electrons. The van der Waals surface area contributed by atoms with Crippen LogP contribution in [0.4, 0.5) is 10.1 Å². The van der Waals surface area contributed by atoms with E-state index in [9.17, 15) is 19.1 Å². The minimum absolute atomic E-state index is 0.00896. The molecule has 0 radical (unpaired) electrons. The van der Waals surface area contributed by atoms with Crippen LogP contribution in [-0.4, -0.2) is 22.7 Å². The second-order valence-electron chi connectivity index (χ2n) is 6.15. The lowest BCUT2D eigenvalue weighted by molar-refractivity contribution is -0.132. The molecule has 0 aromatic heterocycles. The Balaban J connectivity index is 1.83. The van der Waals surface area contributed by atoms with Crippen LogP contribution in [0.25, 0.3) is 6.08 Å². The van der Waals surface area contributed by atoms with Crippen molar-refractivity contribution in [2.75, 3.05) is 5.01 Å². The van der Waals surface area contributed by atoms with Gasteiger partial charge in [-0.05, 0) is 61.4 Å². The normalized spacial score (nSPS) is 17.2. The third-order valence-corrected chi connectivity index (χ3v) is 4.50. The molecule has 2 aromatic rings. The topological polar surface area (TPSA) is 70.0 Å². The Morgan fingerprint density at radius 2 is 1.85 bits per heavy atom. The highest BCUT2D eigenvalue weighted by atomic mass is 35.5. The molecule has 1 unspecified atom stereocenters. The Kier molecular flexibility index (Phi) is 5.37. The zero-order valence-corrected chi connectivity index (χ0v) is 15.2. The van der Waals surface area contributed by atoms with Crippen molar-refractivity contribution in [2.24, 2.45) is 11.0 Å². The summed E-state index contributed by atoms with van der Waals surface area (Å²) in [5.41, 5.74) is 1.68. The molecular formula is C20H16ClFN2O3. The maximum atomic E-state index is 13.0. The summed E-state index contributed by atoms with van der Waals surface area (Å²) in [7, 11) is 0. The van der Waals surface area contributed by atoms with E-state index in [2.05, 4.69) is 5.10 Å². The van der Waals surface area contributed by atoms with E-state index in [4.69, 9.17) is 11.6 Å². The predicted molar refractivity (Wildman–Crippen MR) is 102 cm³/mol. The number of amides is 1. The van der Waals surface area contributed by atoms with Crippen LogP contribution < -0.4 is 5.01 Å². The number of rotatable bonds is 5. The van der Waals surface area contributed by atoms with Gasteiger partial charge in [0, 0.05) is 16.3 Å². The largest absolute Gasteiger partial charge is 0.478 e. The molecule has 1 atom stereocenters. The molecule has 3 rings (SSSR count). The molecule has 1 aliphatic rings. The summed E-state index contributed by atoms with van der Waals surface area (Å²) >= 11 is 5.87. The number of halogens is 2. The lowest BCUT2D eigenvalue weighted by atomic mass is 9.94. The average Bonchev–Trinajstić information content (AvgIpc) is 2.91. The summed E-state index contributed by atoms with van der Waals surface area (Å²) in [6.07, 6.45) is 1.43. The highest BCUT2D eigenvalue weighted by Crippen LogP contribution is 2.29. The summed E-state index contributed by atoms with van der Waals surface area (Å²) < 4.78 is 13.0. The average molecular weight is 387 g/mol. The first-order chi connectivity index (χ1) is 12.8. The molecule has 5 nitrogen and oxygen atoms in total. The van der Waals surface area contributed by atoms with Crippen LogP contribution in [0.3, 0.4) is 0 Å². The number of nitrogens with zero attached hydrogens (tertiary/aromatic N) is 2. The summed E-state index contributed by atoms with van der Waals surface area (Å²) in [6.45, 7) is 1.69. The SMILES string of the molecule is CC1=NN(c2ccc(Cl)cc2)C(=O)C1CC(=Cc1ccc(F)cc1)C(=O)O. The maximum absolute atomic E-state index is 13.0. The van der Waals surface area contributed by atoms with Gasteiger partial charge in [-0.15, -0.1) is 0 Å². The fourth-order valence-electron chi connectivity index (χ4n) is 2.79. The third kappa shape index (κ3) is 4.23. The molecule has 0 fully saturated rings. The van der Waals surface area contributed by atoms with Crippen molar-refractivity contribution in [3.8, 4) is 0 Å². The van der Waals surface area contributed by atoms with Gasteiger partial charge in [0.15, 0.2) is 0 Å². The maximum Gasteiger partial charge on any atom is 0.331 e. The van der Waals surface area contributed by atoms with Crippen LogP contribution >= 0.6 is 11.6 Å². The van der Waals surface area contributed by atoms with Crippen LogP contribution in [0.2, 0.25) is 5.02 Å². The number of hydrazone groups is 1. The van der Waals surface area contributed by atoms with Gasteiger partial charge >= 0.3 is 5.97 Å². The number of hydrogen-bond acceptors (Lipinski definition) is 3. The number of hydrogen-bond donors (Lipinski definition) is 1. The Morgan fingerprint density at radius 1 is 1.22 bits per heavy atom. The van der Waals surface area contributed by atoms with Gasteiger partial charge in [0.05, 0.1) is 11.6 Å². The zero-order valence-electron chi connectivity index (χ0n) is 14.4. The molecule has 27 heavy (non-hydrogen) atoms. The molecule has 1 heterocycles. The van der Waals surface area contributed by atoms with Gasteiger partial charge in [-0.2, -0.15) is 5.10 Å². The fraction of sp³-hybridized carbons (Fsp3) is 0.150. The molecule has 0 aliphatic carbocycles. The second kappa shape index (κ2) is 7.72. The molecule has 1 amide bonds. The van der Waals surface area contributed by atoms with Crippen LogP contribution in [0.15, 0.2) is 59.2 Å². The van der Waals surface area contributed by atoms with E-state index in [1.165, 1.54) is 35.4 Å². The van der Waals surface area contributed by atoms with Crippen molar-refractivity contribution >= 4 is 41.0 Å². The van der Waals surface area contributed by atoms with Gasteiger partial charge in [0.1, 0.15) is 5.82 Å². The van der Waals surface area contributed by atoms with Gasteiger partial charge < -0.3 is 5.11 Å². The molecule has 1 N–H and O–H groups in total. The third-order valence-electron chi connectivity index (χ3n) is 4.25. The van der Waals surface area contributed by atoms with Crippen molar-refractivity contribution in [3.63, 3.8) is 0 Å². The first-order valence-electron chi connectivity index (χ1n) is 8.19. The molecule has 0 saturated carbocycles. The minimum atomic E-state index is -1.13. The lowest BCUT2D eigenvalue weighted by Gasteiger charge is -2.14. The van der Waals surface area contributed by atoms with E-state index in [0.717, 1.165) is 0 Å². The predicted octanol–water partition coefficient (Wildman–Crippen LogP) is 4.38. The molecular weight excluding hydrogens is 371 g/mol. The number of carboxylic acid groups (broad SMARTS) is 1. The standard InChI is InChI=1S/C20H16ClFN2O3/c1-12-18(19(25)24(23-12)17-8-4-15(21)5-9-17)11-14(20(26)27)10-13-2-6-16(22)7-3-13/h2-10,18H,11H2,1H3,(H,26,27). The van der Waals surface area contributed by atoms with Crippen LogP contribution in [0.5, 0.6) is 0 Å². The van der Waals surface area contributed by atoms with Crippen molar-refractivity contribution in [1.29, 1.82) is 0 Å². The van der Waals surface area contributed by atoms with E-state index >= 15 is 0 Å². The molecule has 0 spiro atoms. The van der Waals surface area contributed by atoms with E-state index in [1.54, 1.807) is 31.2 Å². The molecule has 2 aromatic carbocycles.